The van der Waals surface area contributed by atoms with Gasteiger partial charge in [0.05, 0.1) is 20.8 Å². The number of aldehydes is 1. The standard InChI is InChI=1S/C23H23ClF3NO4S.C2H6.CH2O/c1-22(2,33(31,32)19-5-3-4-18(24)13-19)16-8-10-28(11-9-16)21(30)20-7-6-17(23(25,26)27)12-15(20)14-29;2*1-2/h3-7,12-14,16H,8-11H2,1-2H3;1-2H3;1H2. The van der Waals surface area contributed by atoms with Crippen molar-refractivity contribution in [2.24, 2.45) is 5.92 Å². The Labute approximate surface area is 220 Å². The third-order valence-corrected chi connectivity index (χ3v) is 9.13. The van der Waals surface area contributed by atoms with Gasteiger partial charge in [-0.3, -0.25) is 9.59 Å². The molecule has 1 saturated heterocycles. The summed E-state index contributed by atoms with van der Waals surface area (Å²) in [4.78, 5) is 33.8. The molecule has 0 radical (unpaired) electrons. The number of hydrogen-bond donors (Lipinski definition) is 0. The van der Waals surface area contributed by atoms with Crippen LogP contribution >= 0.6 is 11.6 Å². The van der Waals surface area contributed by atoms with E-state index in [1.165, 1.54) is 17.0 Å². The van der Waals surface area contributed by atoms with Crippen LogP contribution in [0.15, 0.2) is 47.4 Å². The van der Waals surface area contributed by atoms with E-state index in [9.17, 15) is 31.2 Å². The topological polar surface area (TPSA) is 88.6 Å². The zero-order valence-corrected chi connectivity index (χ0v) is 22.7. The molecule has 0 spiro atoms. The summed E-state index contributed by atoms with van der Waals surface area (Å²) in [5, 5.41) is 0.315. The molecule has 37 heavy (non-hydrogen) atoms. The lowest BCUT2D eigenvalue weighted by molar-refractivity contribution is -0.137. The van der Waals surface area contributed by atoms with E-state index in [0.717, 1.165) is 12.1 Å². The predicted molar refractivity (Wildman–Crippen MR) is 137 cm³/mol. The van der Waals surface area contributed by atoms with Crippen LogP contribution in [0.2, 0.25) is 5.02 Å². The highest BCUT2D eigenvalue weighted by Gasteiger charge is 2.44. The SMILES string of the molecule is C=O.CC.CC(C)(C1CCN(C(=O)c2ccc(C(F)(F)F)cc2C=O)CC1)S(=O)(=O)c1cccc(Cl)c1. The lowest BCUT2D eigenvalue weighted by Crippen LogP contribution is -2.47. The molecule has 1 heterocycles. The summed E-state index contributed by atoms with van der Waals surface area (Å²) in [7, 11) is -3.72. The first kappa shape index (κ1) is 32.3. The van der Waals surface area contributed by atoms with Crippen LogP contribution in [-0.4, -0.2) is 50.1 Å². The summed E-state index contributed by atoms with van der Waals surface area (Å²) in [6.45, 7) is 9.73. The maximum absolute atomic E-state index is 13.3. The fourth-order valence-corrected chi connectivity index (χ4v) is 6.21. The van der Waals surface area contributed by atoms with E-state index in [2.05, 4.69) is 0 Å². The fraction of sp³-hybridized carbons (Fsp3) is 0.423. The Hall–Kier alpha value is -2.72. The normalized spacial score (nSPS) is 14.5. The summed E-state index contributed by atoms with van der Waals surface area (Å²) < 4.78 is 64.2. The number of piperidine rings is 1. The van der Waals surface area contributed by atoms with Gasteiger partial charge in [0.2, 0.25) is 0 Å². The molecule has 204 valence electrons. The minimum absolute atomic E-state index is 0.109. The van der Waals surface area contributed by atoms with Gasteiger partial charge in [-0.15, -0.1) is 0 Å². The van der Waals surface area contributed by atoms with Crippen LogP contribution in [0.1, 0.15) is 66.8 Å². The number of halogens is 4. The van der Waals surface area contributed by atoms with Crippen molar-refractivity contribution in [1.82, 2.24) is 4.90 Å². The molecule has 0 aromatic heterocycles. The van der Waals surface area contributed by atoms with E-state index in [4.69, 9.17) is 16.4 Å². The molecule has 1 fully saturated rings. The third-order valence-electron chi connectivity index (χ3n) is 6.30. The Bertz CT molecular complexity index is 1190. The first-order valence-electron chi connectivity index (χ1n) is 11.5. The smallest absolute Gasteiger partial charge is 0.339 e. The number of benzene rings is 2. The molecule has 3 rings (SSSR count). The summed E-state index contributed by atoms with van der Waals surface area (Å²) >= 11 is 5.96. The van der Waals surface area contributed by atoms with Gasteiger partial charge in [0.25, 0.3) is 5.91 Å². The summed E-state index contributed by atoms with van der Waals surface area (Å²) in [5.74, 6) is -0.816. The second kappa shape index (κ2) is 13.2. The van der Waals surface area contributed by atoms with Crippen molar-refractivity contribution in [2.75, 3.05) is 13.1 Å². The Balaban J connectivity index is 0.00000163. The second-order valence-corrected chi connectivity index (χ2v) is 11.5. The Morgan fingerprint density at radius 2 is 1.62 bits per heavy atom. The van der Waals surface area contributed by atoms with Gasteiger partial charge in [0.15, 0.2) is 16.1 Å². The molecule has 6 nitrogen and oxygen atoms in total. The van der Waals surface area contributed by atoms with Crippen LogP contribution in [0.4, 0.5) is 13.2 Å². The molecule has 0 saturated carbocycles. The van der Waals surface area contributed by atoms with Gasteiger partial charge in [0.1, 0.15) is 6.79 Å². The van der Waals surface area contributed by atoms with Crippen molar-refractivity contribution in [3.05, 3.63) is 64.2 Å². The van der Waals surface area contributed by atoms with Gasteiger partial charge >= 0.3 is 6.18 Å². The molecular formula is C26H31ClF3NO5S. The molecule has 2 aromatic rings. The maximum atomic E-state index is 13.3. The van der Waals surface area contributed by atoms with Gasteiger partial charge in [-0.25, -0.2) is 8.42 Å². The Morgan fingerprint density at radius 3 is 2.11 bits per heavy atom. The molecule has 1 aliphatic heterocycles. The van der Waals surface area contributed by atoms with Crippen LogP contribution in [0.5, 0.6) is 0 Å². The summed E-state index contributed by atoms with van der Waals surface area (Å²) in [6.07, 6.45) is -3.63. The third kappa shape index (κ3) is 7.19. The van der Waals surface area contributed by atoms with Gasteiger partial charge in [0, 0.05) is 23.7 Å². The van der Waals surface area contributed by atoms with Gasteiger partial charge < -0.3 is 9.69 Å². The van der Waals surface area contributed by atoms with Gasteiger partial charge in [-0.1, -0.05) is 31.5 Å². The number of rotatable bonds is 5. The molecule has 0 aliphatic carbocycles. The van der Waals surface area contributed by atoms with E-state index < -0.39 is 32.2 Å². The monoisotopic (exact) mass is 561 g/mol. The van der Waals surface area contributed by atoms with E-state index in [-0.39, 0.29) is 41.3 Å². The highest BCUT2D eigenvalue weighted by Crippen LogP contribution is 2.39. The minimum atomic E-state index is -4.63. The molecule has 11 heteroatoms. The molecule has 0 atom stereocenters. The number of carbonyl (C=O) groups is 3. The van der Waals surface area contributed by atoms with E-state index >= 15 is 0 Å². The first-order valence-corrected chi connectivity index (χ1v) is 13.4. The molecule has 2 aromatic carbocycles. The van der Waals surface area contributed by atoms with Crippen molar-refractivity contribution in [3.8, 4) is 0 Å². The number of nitrogens with zero attached hydrogens (tertiary/aromatic N) is 1. The number of likely N-dealkylation sites (tertiary alicyclic amines) is 1. The average molecular weight is 562 g/mol. The highest BCUT2D eigenvalue weighted by molar-refractivity contribution is 7.92. The number of alkyl halides is 3. The molecule has 1 amide bonds. The lowest BCUT2D eigenvalue weighted by atomic mass is 9.85. The number of hydrogen-bond acceptors (Lipinski definition) is 5. The van der Waals surface area contributed by atoms with Gasteiger partial charge in [-0.05, 0) is 69.0 Å². The highest BCUT2D eigenvalue weighted by atomic mass is 35.5. The second-order valence-electron chi connectivity index (χ2n) is 8.55. The summed E-state index contributed by atoms with van der Waals surface area (Å²) in [5.41, 5.74) is -1.45. The van der Waals surface area contributed by atoms with Crippen molar-refractivity contribution >= 4 is 40.4 Å². The number of amides is 1. The van der Waals surface area contributed by atoms with Gasteiger partial charge in [-0.2, -0.15) is 13.2 Å². The lowest BCUT2D eigenvalue weighted by Gasteiger charge is -2.40. The van der Waals surface area contributed by atoms with Crippen LogP contribution in [-0.2, 0) is 20.8 Å². The average Bonchev–Trinajstić information content (AvgIpc) is 2.89. The molecule has 0 bridgehead atoms. The van der Waals surface area contributed by atoms with Crippen molar-refractivity contribution in [3.63, 3.8) is 0 Å². The summed E-state index contributed by atoms with van der Waals surface area (Å²) in [6, 6.07) is 8.50. The Morgan fingerprint density at radius 1 is 1.05 bits per heavy atom. The van der Waals surface area contributed by atoms with Crippen LogP contribution in [0.3, 0.4) is 0 Å². The molecule has 0 unspecified atom stereocenters. The number of carbonyl (C=O) groups excluding carboxylic acids is 3. The first-order chi connectivity index (χ1) is 17.3. The maximum Gasteiger partial charge on any atom is 0.416 e. The number of sulfone groups is 1. The van der Waals surface area contributed by atoms with Crippen molar-refractivity contribution in [2.45, 2.75) is 56.4 Å². The van der Waals surface area contributed by atoms with E-state index in [0.29, 0.717) is 23.9 Å². The van der Waals surface area contributed by atoms with Crippen molar-refractivity contribution in [1.29, 1.82) is 0 Å². The van der Waals surface area contributed by atoms with E-state index in [1.807, 2.05) is 20.6 Å². The minimum Gasteiger partial charge on any atom is -0.339 e. The Kier molecular flexibility index (Phi) is 11.5. The van der Waals surface area contributed by atoms with E-state index in [1.54, 1.807) is 26.0 Å². The van der Waals surface area contributed by atoms with Crippen LogP contribution < -0.4 is 0 Å². The molecular weight excluding hydrogens is 531 g/mol. The molecule has 0 N–H and O–H groups in total. The predicted octanol–water partition coefficient (Wildman–Crippen LogP) is 6.12. The fourth-order valence-electron chi connectivity index (χ4n) is 4.14. The molecule has 1 aliphatic rings. The zero-order chi connectivity index (χ0) is 28.6. The van der Waals surface area contributed by atoms with Crippen molar-refractivity contribution < 1.29 is 36.0 Å². The quantitative estimate of drug-likeness (QED) is 0.410. The zero-order valence-electron chi connectivity index (χ0n) is 21.1. The van der Waals surface area contributed by atoms with Crippen LogP contribution in [0, 0.1) is 5.92 Å². The van der Waals surface area contributed by atoms with Crippen LogP contribution in [0.25, 0.3) is 0 Å². The largest absolute Gasteiger partial charge is 0.416 e.